The smallest absolute Gasteiger partial charge is 0.309 e. The van der Waals surface area contributed by atoms with Crippen molar-refractivity contribution in [3.63, 3.8) is 0 Å². The lowest BCUT2D eigenvalue weighted by Crippen LogP contribution is -2.14. The van der Waals surface area contributed by atoms with Gasteiger partial charge in [-0.3, -0.25) is 28.8 Å². The first-order valence-electron chi connectivity index (χ1n) is 35.9. The van der Waals surface area contributed by atoms with Gasteiger partial charge in [-0.05, 0) is 305 Å². The fourth-order valence-electron chi connectivity index (χ4n) is 15.8. The average Bonchev–Trinajstić information content (AvgIpc) is 3.09. The second kappa shape index (κ2) is 30.0. The monoisotopic (exact) mass is 1240 g/mol. The number of carbonyl (C=O) groups is 6. The molecule has 0 amide bonds. The highest BCUT2D eigenvalue weighted by molar-refractivity contribution is 5.80. The first kappa shape index (κ1) is 68.8. The highest BCUT2D eigenvalue weighted by Gasteiger charge is 2.53. The predicted molar refractivity (Wildman–Crippen MR) is 353 cm³/mol. The van der Waals surface area contributed by atoms with E-state index in [9.17, 15) is 59.4 Å². The molecule has 6 aliphatic carbocycles. The number of aryl methyl sites for hydroxylation is 7. The van der Waals surface area contributed by atoms with Gasteiger partial charge in [-0.1, -0.05) is 107 Å². The second-order valence-electron chi connectivity index (χ2n) is 30.4. The van der Waals surface area contributed by atoms with Crippen LogP contribution in [0.5, 0.6) is 0 Å². The number of benzene rings is 3. The largest absolute Gasteiger partial charge is 0.481 e. The first-order valence-corrected chi connectivity index (χ1v) is 35.9. The molecule has 0 unspecified atom stereocenters. The van der Waals surface area contributed by atoms with Gasteiger partial charge in [0, 0.05) is 0 Å². The molecule has 6 aliphatic rings. The van der Waals surface area contributed by atoms with Crippen molar-refractivity contribution in [2.24, 2.45) is 32.5 Å². The Morgan fingerprint density at radius 3 is 0.944 bits per heavy atom. The maximum atomic E-state index is 12.4. The summed E-state index contributed by atoms with van der Waals surface area (Å²) in [5.41, 5.74) is 14.4. The molecule has 6 N–H and O–H groups in total. The minimum atomic E-state index is -0.672. The molecule has 0 bridgehead atoms. The van der Waals surface area contributed by atoms with Crippen LogP contribution in [0.25, 0.3) is 0 Å². The molecule has 0 saturated heterocycles. The summed E-state index contributed by atoms with van der Waals surface area (Å²) in [5, 5.41) is 59.7. The standard InChI is InChI=1S/C78H110O12/c1-54-50-59(24-11-5-8-17-33-74(40-41-74)68(81)82)56(3)66(64(54)27-15-21-37-78(48-49-78)72(89)90)53-63-52-60(26-14-20-36-77(46-47-77)71(87)88)62(51-61(63)25-12-6-9-18-34-75(42-43-75)69(83)84)30-31-65-55(2)57(22-13-19-35-76(44-45-76)70(85)86)28-29-58(65)23-10-4-7-16-32-73(38-39-73)67(79)80/h28-29,50-52H,4-27,30-49,53H2,1-3H3,(H,79,80)(H,81,82)(H,83,84)(H,85,86)(H,87,88)(H,89,90). The van der Waals surface area contributed by atoms with Crippen LogP contribution in [0.1, 0.15) is 303 Å². The van der Waals surface area contributed by atoms with E-state index >= 15 is 0 Å². The van der Waals surface area contributed by atoms with Crippen LogP contribution in [0.4, 0.5) is 0 Å². The van der Waals surface area contributed by atoms with Gasteiger partial charge >= 0.3 is 35.8 Å². The number of aliphatic carboxylic acids is 6. The lowest BCUT2D eigenvalue weighted by Gasteiger charge is -2.23. The van der Waals surface area contributed by atoms with E-state index in [1.165, 1.54) is 72.3 Å². The normalized spacial score (nSPS) is 18.6. The topological polar surface area (TPSA) is 224 Å². The van der Waals surface area contributed by atoms with Crippen molar-refractivity contribution in [1.29, 1.82) is 0 Å². The molecule has 12 heteroatoms. The van der Waals surface area contributed by atoms with Crippen LogP contribution in [0.3, 0.4) is 0 Å². The van der Waals surface area contributed by atoms with Crippen LogP contribution in [-0.4, -0.2) is 66.5 Å². The van der Waals surface area contributed by atoms with Crippen LogP contribution in [-0.2, 0) is 86.6 Å². The van der Waals surface area contributed by atoms with Gasteiger partial charge in [0.1, 0.15) is 0 Å². The minimum absolute atomic E-state index is 0.488. The molecule has 6 saturated carbocycles. The van der Waals surface area contributed by atoms with E-state index in [0.717, 1.165) is 276 Å². The fourth-order valence-corrected chi connectivity index (χ4v) is 15.8. The van der Waals surface area contributed by atoms with Gasteiger partial charge in [0.05, 0.1) is 32.5 Å². The van der Waals surface area contributed by atoms with E-state index in [1.807, 2.05) is 0 Å². The summed E-state index contributed by atoms with van der Waals surface area (Å²) in [6.45, 7) is 6.86. The molecule has 12 nitrogen and oxygen atoms in total. The van der Waals surface area contributed by atoms with Crippen LogP contribution >= 0.6 is 0 Å². The molecule has 0 aromatic heterocycles. The molecule has 494 valence electrons. The van der Waals surface area contributed by atoms with Gasteiger partial charge in [0.25, 0.3) is 0 Å². The number of hydrogen-bond acceptors (Lipinski definition) is 6. The van der Waals surface area contributed by atoms with Gasteiger partial charge in [0.2, 0.25) is 0 Å². The van der Waals surface area contributed by atoms with Crippen LogP contribution in [0, 0.1) is 53.3 Å². The van der Waals surface area contributed by atoms with Gasteiger partial charge in [0.15, 0.2) is 0 Å². The van der Waals surface area contributed by atoms with E-state index in [4.69, 9.17) is 0 Å². The van der Waals surface area contributed by atoms with Crippen molar-refractivity contribution in [3.05, 3.63) is 103 Å². The zero-order valence-corrected chi connectivity index (χ0v) is 55.3. The van der Waals surface area contributed by atoms with E-state index in [2.05, 4.69) is 51.1 Å². The lowest BCUT2D eigenvalue weighted by atomic mass is 9.82. The molecule has 0 heterocycles. The number of carboxylic acids is 6. The fraction of sp³-hybridized carbons (Fsp3) is 0.692. The Labute approximate surface area is 537 Å². The molecule has 0 aliphatic heterocycles. The summed E-state index contributed by atoms with van der Waals surface area (Å²) < 4.78 is 0. The van der Waals surface area contributed by atoms with Crippen molar-refractivity contribution in [3.8, 4) is 0 Å². The third-order valence-electron chi connectivity index (χ3n) is 23.9. The Morgan fingerprint density at radius 2 is 0.556 bits per heavy atom. The summed E-state index contributed by atoms with van der Waals surface area (Å²) >= 11 is 0. The van der Waals surface area contributed by atoms with Crippen molar-refractivity contribution < 1.29 is 59.4 Å². The Kier molecular flexibility index (Phi) is 23.0. The molecule has 9 rings (SSSR count). The average molecular weight is 1240 g/mol. The third kappa shape index (κ3) is 17.6. The summed E-state index contributed by atoms with van der Waals surface area (Å²) in [6.07, 6.45) is 38.9. The molecule has 6 fully saturated rings. The molecular formula is C78H110O12. The highest BCUT2D eigenvalue weighted by Crippen LogP contribution is 2.54. The summed E-state index contributed by atoms with van der Waals surface area (Å²) in [5.74, 6) is -3.94. The van der Waals surface area contributed by atoms with E-state index in [1.54, 1.807) is 0 Å². The van der Waals surface area contributed by atoms with E-state index in [-0.39, 0.29) is 0 Å². The SMILES string of the molecule is Cc1cc(CCCCCCC2(C(=O)O)CC2)c(C)c(Cc2cc(CCCCC3(C(=O)O)CC3)c(CCc3c(CCCCCCC4(C(=O)O)CC4)ccc(CCCCC4(C(=O)O)CC4)c3C)cc2CCCCCCC2(C(=O)O)CC2)c1CCCCC1(C(=O)O)CC1. The first-order chi connectivity index (χ1) is 43.1. The van der Waals surface area contributed by atoms with Gasteiger partial charge in [-0.25, -0.2) is 0 Å². The van der Waals surface area contributed by atoms with Gasteiger partial charge < -0.3 is 30.6 Å². The Morgan fingerprint density at radius 1 is 0.278 bits per heavy atom. The van der Waals surface area contributed by atoms with E-state index in [0.29, 0.717) is 12.8 Å². The maximum absolute atomic E-state index is 12.4. The van der Waals surface area contributed by atoms with Crippen molar-refractivity contribution in [1.82, 2.24) is 0 Å². The van der Waals surface area contributed by atoms with Crippen molar-refractivity contribution in [2.45, 2.75) is 310 Å². The zero-order valence-electron chi connectivity index (χ0n) is 55.3. The Balaban J connectivity index is 1.01. The third-order valence-corrected chi connectivity index (χ3v) is 23.9. The minimum Gasteiger partial charge on any atom is -0.481 e. The van der Waals surface area contributed by atoms with Crippen LogP contribution in [0.2, 0.25) is 0 Å². The van der Waals surface area contributed by atoms with Crippen LogP contribution in [0.15, 0.2) is 30.3 Å². The zero-order chi connectivity index (χ0) is 64.3. The summed E-state index contributed by atoms with van der Waals surface area (Å²) in [7, 11) is 0. The number of hydrogen-bond donors (Lipinski definition) is 6. The second-order valence-corrected chi connectivity index (χ2v) is 30.4. The predicted octanol–water partition coefficient (Wildman–Crippen LogP) is 17.8. The quantitative estimate of drug-likeness (QED) is 0.0291. The molecule has 0 spiro atoms. The molecule has 0 radical (unpaired) electrons. The molecule has 3 aromatic rings. The van der Waals surface area contributed by atoms with Gasteiger partial charge in [-0.2, -0.15) is 0 Å². The highest BCUT2D eigenvalue weighted by atomic mass is 16.4. The number of rotatable bonds is 47. The Bertz CT molecular complexity index is 3050. The van der Waals surface area contributed by atoms with Crippen LogP contribution < -0.4 is 0 Å². The lowest BCUT2D eigenvalue weighted by molar-refractivity contribution is -0.144. The summed E-state index contributed by atoms with van der Waals surface area (Å²) in [6, 6.07) is 12.1. The summed E-state index contributed by atoms with van der Waals surface area (Å²) in [4.78, 5) is 72.6. The molecule has 0 atom stereocenters. The Hall–Kier alpha value is -5.52. The number of carboxylic acid groups (broad SMARTS) is 6. The van der Waals surface area contributed by atoms with Crippen molar-refractivity contribution >= 4 is 35.8 Å². The maximum Gasteiger partial charge on any atom is 0.309 e. The van der Waals surface area contributed by atoms with E-state index < -0.39 is 68.3 Å². The molecule has 90 heavy (non-hydrogen) atoms. The molecule has 3 aromatic carbocycles. The number of unbranched alkanes of at least 4 members (excludes halogenated alkanes) is 12. The molecular weight excluding hydrogens is 1130 g/mol. The van der Waals surface area contributed by atoms with Gasteiger partial charge in [-0.15, -0.1) is 0 Å². The van der Waals surface area contributed by atoms with Crippen molar-refractivity contribution in [2.75, 3.05) is 0 Å².